The molecule has 1 unspecified atom stereocenters. The van der Waals surface area contributed by atoms with Crippen molar-refractivity contribution in [3.05, 3.63) is 34.9 Å². The zero-order valence-electron chi connectivity index (χ0n) is 10.2. The summed E-state index contributed by atoms with van der Waals surface area (Å²) in [4.78, 5) is 16.1. The van der Waals surface area contributed by atoms with Gasteiger partial charge in [0.15, 0.2) is 0 Å². The van der Waals surface area contributed by atoms with E-state index in [4.69, 9.17) is 9.94 Å². The minimum Gasteiger partial charge on any atom is -0.478 e. The van der Waals surface area contributed by atoms with Gasteiger partial charge in [0, 0.05) is 12.0 Å². The molecule has 2 rings (SSSR count). The summed E-state index contributed by atoms with van der Waals surface area (Å²) < 4.78 is 0. The van der Waals surface area contributed by atoms with E-state index in [2.05, 4.69) is 5.16 Å². The summed E-state index contributed by atoms with van der Waals surface area (Å²) in [6, 6.07) is 5.95. The molecule has 0 amide bonds. The van der Waals surface area contributed by atoms with Gasteiger partial charge in [-0.3, -0.25) is 0 Å². The molecule has 17 heavy (non-hydrogen) atoms. The van der Waals surface area contributed by atoms with Gasteiger partial charge in [0.2, 0.25) is 5.60 Å². The first-order valence-corrected chi connectivity index (χ1v) is 5.49. The summed E-state index contributed by atoms with van der Waals surface area (Å²) in [5.74, 6) is -0.984. The maximum Gasteiger partial charge on any atom is 0.351 e. The van der Waals surface area contributed by atoms with Crippen LogP contribution in [0.5, 0.6) is 0 Å². The van der Waals surface area contributed by atoms with Crippen LogP contribution in [0.25, 0.3) is 0 Å². The molecule has 0 radical (unpaired) electrons. The normalized spacial score (nSPS) is 23.1. The molecule has 0 saturated heterocycles. The monoisotopic (exact) mass is 233 g/mol. The van der Waals surface area contributed by atoms with Gasteiger partial charge in [-0.05, 0) is 31.9 Å². The molecule has 0 bridgehead atoms. The number of aliphatic carboxylic acids is 1. The fourth-order valence-corrected chi connectivity index (χ4v) is 2.06. The minimum absolute atomic E-state index is 0.300. The standard InChI is InChI=1S/C13H15NO3/c1-8-5-4-6-9(2)11(8)10-7-13(3,12(15)16)17-14-10/h4-6H,7H2,1-3H3,(H,15,16). The number of hydrogen-bond donors (Lipinski definition) is 1. The number of carbonyl (C=O) groups is 1. The predicted molar refractivity (Wildman–Crippen MR) is 64.2 cm³/mol. The van der Waals surface area contributed by atoms with Crippen molar-refractivity contribution < 1.29 is 14.7 Å². The van der Waals surface area contributed by atoms with E-state index >= 15 is 0 Å². The Morgan fingerprint density at radius 3 is 2.47 bits per heavy atom. The SMILES string of the molecule is Cc1cccc(C)c1C1=NOC(C)(C(=O)O)C1. The molecular formula is C13H15NO3. The topological polar surface area (TPSA) is 58.9 Å². The van der Waals surface area contributed by atoms with Gasteiger partial charge in [-0.15, -0.1) is 0 Å². The van der Waals surface area contributed by atoms with Crippen molar-refractivity contribution in [1.29, 1.82) is 0 Å². The molecule has 1 N–H and O–H groups in total. The Morgan fingerprint density at radius 2 is 2.00 bits per heavy atom. The molecule has 1 aromatic carbocycles. The Morgan fingerprint density at radius 1 is 1.41 bits per heavy atom. The largest absolute Gasteiger partial charge is 0.478 e. The van der Waals surface area contributed by atoms with Crippen molar-refractivity contribution in [2.24, 2.45) is 5.16 Å². The molecule has 0 aliphatic carbocycles. The van der Waals surface area contributed by atoms with Gasteiger partial charge in [0.05, 0.1) is 5.71 Å². The molecule has 0 spiro atoms. The Labute approximate surface area is 99.9 Å². The number of carboxylic acid groups (broad SMARTS) is 1. The predicted octanol–water partition coefficient (Wildman–Crippen LogP) is 2.27. The van der Waals surface area contributed by atoms with E-state index < -0.39 is 11.6 Å². The molecular weight excluding hydrogens is 218 g/mol. The van der Waals surface area contributed by atoms with Crippen LogP contribution in [0.3, 0.4) is 0 Å². The smallest absolute Gasteiger partial charge is 0.351 e. The Kier molecular flexibility index (Phi) is 2.65. The van der Waals surface area contributed by atoms with Gasteiger partial charge in [-0.1, -0.05) is 23.4 Å². The van der Waals surface area contributed by atoms with E-state index in [1.165, 1.54) is 0 Å². The fraction of sp³-hybridized carbons (Fsp3) is 0.385. The summed E-state index contributed by atoms with van der Waals surface area (Å²) in [5.41, 5.74) is 2.65. The van der Waals surface area contributed by atoms with Crippen molar-refractivity contribution in [1.82, 2.24) is 0 Å². The number of aryl methyl sites for hydroxylation is 2. The molecule has 4 heteroatoms. The summed E-state index contributed by atoms with van der Waals surface area (Å²) in [7, 11) is 0. The van der Waals surface area contributed by atoms with Crippen molar-refractivity contribution >= 4 is 11.7 Å². The highest BCUT2D eigenvalue weighted by Gasteiger charge is 2.42. The molecule has 1 atom stereocenters. The molecule has 4 nitrogen and oxygen atoms in total. The third-order valence-corrected chi connectivity index (χ3v) is 3.08. The molecule has 0 saturated carbocycles. The Bertz CT molecular complexity index is 487. The van der Waals surface area contributed by atoms with Crippen LogP contribution >= 0.6 is 0 Å². The van der Waals surface area contributed by atoms with E-state index in [-0.39, 0.29) is 0 Å². The fourth-order valence-electron chi connectivity index (χ4n) is 2.06. The van der Waals surface area contributed by atoms with E-state index in [1.54, 1.807) is 6.92 Å². The number of oxime groups is 1. The molecule has 1 aliphatic heterocycles. The molecule has 1 aromatic rings. The zero-order valence-corrected chi connectivity index (χ0v) is 10.2. The van der Waals surface area contributed by atoms with Gasteiger partial charge in [-0.25, -0.2) is 4.79 Å². The average Bonchev–Trinajstić information content (AvgIpc) is 2.62. The highest BCUT2D eigenvalue weighted by Crippen LogP contribution is 2.29. The lowest BCUT2D eigenvalue weighted by Crippen LogP contribution is -2.35. The van der Waals surface area contributed by atoms with Gasteiger partial charge in [0.1, 0.15) is 0 Å². The number of nitrogens with zero attached hydrogens (tertiary/aromatic N) is 1. The first-order valence-electron chi connectivity index (χ1n) is 5.49. The van der Waals surface area contributed by atoms with Gasteiger partial charge in [-0.2, -0.15) is 0 Å². The molecule has 90 valence electrons. The van der Waals surface area contributed by atoms with Crippen LogP contribution < -0.4 is 0 Å². The third-order valence-electron chi connectivity index (χ3n) is 3.08. The summed E-state index contributed by atoms with van der Waals surface area (Å²) >= 11 is 0. The van der Waals surface area contributed by atoms with Crippen LogP contribution in [-0.2, 0) is 9.63 Å². The number of rotatable bonds is 2. The van der Waals surface area contributed by atoms with Crippen molar-refractivity contribution in [2.75, 3.05) is 0 Å². The summed E-state index contributed by atoms with van der Waals surface area (Å²) in [6.07, 6.45) is 0.300. The second-order valence-corrected chi connectivity index (χ2v) is 4.61. The van der Waals surface area contributed by atoms with Crippen molar-refractivity contribution in [3.8, 4) is 0 Å². The van der Waals surface area contributed by atoms with Crippen LogP contribution in [0.15, 0.2) is 23.4 Å². The van der Waals surface area contributed by atoms with Gasteiger partial charge >= 0.3 is 5.97 Å². The van der Waals surface area contributed by atoms with E-state index in [0.717, 1.165) is 16.7 Å². The molecule has 1 aliphatic rings. The average molecular weight is 233 g/mol. The molecule has 0 aromatic heterocycles. The zero-order chi connectivity index (χ0) is 12.6. The number of hydrogen-bond acceptors (Lipinski definition) is 3. The van der Waals surface area contributed by atoms with Crippen LogP contribution in [0.2, 0.25) is 0 Å². The lowest BCUT2D eigenvalue weighted by molar-refractivity contribution is -0.160. The van der Waals surface area contributed by atoms with E-state index in [1.807, 2.05) is 32.0 Å². The first-order chi connectivity index (χ1) is 7.94. The lowest BCUT2D eigenvalue weighted by Gasteiger charge is -2.15. The van der Waals surface area contributed by atoms with Gasteiger partial charge in [0.25, 0.3) is 0 Å². The number of benzene rings is 1. The lowest BCUT2D eigenvalue weighted by atomic mass is 9.91. The second kappa shape index (κ2) is 3.87. The quantitative estimate of drug-likeness (QED) is 0.852. The first kappa shape index (κ1) is 11.6. The summed E-state index contributed by atoms with van der Waals surface area (Å²) in [5, 5.41) is 13.0. The van der Waals surface area contributed by atoms with Crippen molar-refractivity contribution in [2.45, 2.75) is 32.8 Å². The van der Waals surface area contributed by atoms with E-state index in [9.17, 15) is 4.79 Å². The number of carboxylic acids is 1. The highest BCUT2D eigenvalue weighted by atomic mass is 16.7. The Hall–Kier alpha value is -1.84. The Balaban J connectivity index is 2.36. The summed E-state index contributed by atoms with van der Waals surface area (Å²) in [6.45, 7) is 5.52. The highest BCUT2D eigenvalue weighted by molar-refractivity contribution is 6.06. The molecule has 0 fully saturated rings. The van der Waals surface area contributed by atoms with Crippen LogP contribution in [0, 0.1) is 13.8 Å². The van der Waals surface area contributed by atoms with Crippen molar-refractivity contribution in [3.63, 3.8) is 0 Å². The van der Waals surface area contributed by atoms with Crippen LogP contribution in [0.4, 0.5) is 0 Å². The third kappa shape index (κ3) is 1.90. The van der Waals surface area contributed by atoms with Crippen LogP contribution in [0.1, 0.15) is 30.0 Å². The maximum atomic E-state index is 11.1. The van der Waals surface area contributed by atoms with E-state index in [0.29, 0.717) is 12.1 Å². The van der Waals surface area contributed by atoms with Crippen LogP contribution in [-0.4, -0.2) is 22.4 Å². The minimum atomic E-state index is -1.23. The van der Waals surface area contributed by atoms with Gasteiger partial charge < -0.3 is 9.94 Å². The maximum absolute atomic E-state index is 11.1. The molecule has 1 heterocycles. The second-order valence-electron chi connectivity index (χ2n) is 4.61.